The predicted octanol–water partition coefficient (Wildman–Crippen LogP) is 27.3. The van der Waals surface area contributed by atoms with Crippen LogP contribution in [0.4, 0.5) is 0 Å². The van der Waals surface area contributed by atoms with E-state index in [0.29, 0.717) is 17.4 Å². The van der Waals surface area contributed by atoms with Crippen molar-refractivity contribution in [2.75, 3.05) is 47.5 Å². The average molecular weight is 1370 g/mol. The van der Waals surface area contributed by atoms with Gasteiger partial charge in [0.05, 0.1) is 27.7 Å². The molecule has 0 aliphatic carbocycles. The number of phosphoric ester groups is 1. The molecule has 0 radical (unpaired) electrons. The SMILES string of the molecule is CC/C=C\C/C=C\C/C=C\C/C=C\C/C=C\C/C=C\C/C=C\C/C=C\C/C=C\C/C=C\CCCCC(=O)OC(COC(=O)CCCCCCCCCCCCCCCCCCCCCCCCCCCCCCCCCCCCCCCCCC)COP(=O)(O)OCC[N+](C)(C)C. The van der Waals surface area contributed by atoms with E-state index in [1.54, 1.807) is 0 Å². The van der Waals surface area contributed by atoms with Gasteiger partial charge < -0.3 is 18.9 Å². The third kappa shape index (κ3) is 81.3. The van der Waals surface area contributed by atoms with Crippen molar-refractivity contribution < 1.29 is 42.1 Å². The zero-order valence-corrected chi connectivity index (χ0v) is 64.9. The fourth-order valence-electron chi connectivity index (χ4n) is 11.6. The third-order valence-corrected chi connectivity index (χ3v) is 18.7. The van der Waals surface area contributed by atoms with E-state index in [1.807, 2.05) is 21.1 Å². The highest BCUT2D eigenvalue weighted by molar-refractivity contribution is 7.47. The second-order valence-electron chi connectivity index (χ2n) is 28.4. The van der Waals surface area contributed by atoms with Gasteiger partial charge in [0.15, 0.2) is 6.10 Å². The number of nitrogens with zero attached hydrogens (tertiary/aromatic N) is 1. The fraction of sp³-hybridized carbons (Fsp3) is 0.747. The van der Waals surface area contributed by atoms with Gasteiger partial charge in [0, 0.05) is 12.8 Å². The molecular weight excluding hydrogens is 1220 g/mol. The molecule has 0 rings (SSSR count). The van der Waals surface area contributed by atoms with E-state index in [4.69, 9.17) is 18.5 Å². The van der Waals surface area contributed by atoms with Gasteiger partial charge in [0.2, 0.25) is 0 Å². The highest BCUT2D eigenvalue weighted by atomic mass is 31.2. The first kappa shape index (κ1) is 93.4. The Morgan fingerprint density at radius 1 is 0.330 bits per heavy atom. The van der Waals surface area contributed by atoms with Gasteiger partial charge in [0.25, 0.3) is 0 Å². The van der Waals surface area contributed by atoms with Crippen molar-refractivity contribution >= 4 is 19.8 Å². The zero-order chi connectivity index (χ0) is 70.4. The number of rotatable bonds is 75. The number of hydrogen-bond acceptors (Lipinski definition) is 7. The molecule has 0 aromatic carbocycles. The minimum absolute atomic E-state index is 0.0182. The van der Waals surface area contributed by atoms with Crippen LogP contribution in [0.2, 0.25) is 0 Å². The molecule has 97 heavy (non-hydrogen) atoms. The minimum atomic E-state index is -4.42. The van der Waals surface area contributed by atoms with Crippen molar-refractivity contribution in [1.82, 2.24) is 0 Å². The molecule has 10 heteroatoms. The van der Waals surface area contributed by atoms with Gasteiger partial charge in [-0.25, -0.2) is 4.57 Å². The number of allylic oxidation sites excluding steroid dienone is 20. The molecule has 0 saturated heterocycles. The summed E-state index contributed by atoms with van der Waals surface area (Å²) in [6, 6.07) is 0. The second-order valence-corrected chi connectivity index (χ2v) is 29.9. The van der Waals surface area contributed by atoms with Crippen molar-refractivity contribution in [2.24, 2.45) is 0 Å². The maximum absolute atomic E-state index is 12.9. The molecule has 1 N–H and O–H groups in total. The first-order valence-corrected chi connectivity index (χ1v) is 42.3. The van der Waals surface area contributed by atoms with Crippen LogP contribution < -0.4 is 0 Å². The number of carbonyl (C=O) groups is 2. The number of hydrogen-bond donors (Lipinski definition) is 1. The van der Waals surface area contributed by atoms with Crippen molar-refractivity contribution in [1.29, 1.82) is 0 Å². The number of likely N-dealkylation sites (N-methyl/N-ethyl adjacent to an activating group) is 1. The Balaban J connectivity index is 4.01. The number of quaternary nitrogens is 1. The van der Waals surface area contributed by atoms with Gasteiger partial charge in [-0.15, -0.1) is 0 Å². The maximum atomic E-state index is 12.9. The van der Waals surface area contributed by atoms with Crippen LogP contribution >= 0.6 is 7.82 Å². The summed E-state index contributed by atoms with van der Waals surface area (Å²) < 4.78 is 34.7. The Hall–Kier alpha value is -3.59. The van der Waals surface area contributed by atoms with Crippen molar-refractivity contribution in [3.8, 4) is 0 Å². The van der Waals surface area contributed by atoms with Crippen LogP contribution in [0.5, 0.6) is 0 Å². The van der Waals surface area contributed by atoms with E-state index in [-0.39, 0.29) is 32.0 Å². The summed E-state index contributed by atoms with van der Waals surface area (Å²) in [6.45, 7) is 4.30. The number of phosphoric acid groups is 1. The van der Waals surface area contributed by atoms with E-state index < -0.39 is 26.5 Å². The van der Waals surface area contributed by atoms with Gasteiger partial charge in [-0.05, 0) is 89.9 Å². The molecule has 0 bridgehead atoms. The van der Waals surface area contributed by atoms with E-state index in [1.165, 1.54) is 238 Å². The molecule has 0 amide bonds. The van der Waals surface area contributed by atoms with E-state index in [9.17, 15) is 19.0 Å². The molecule has 0 saturated carbocycles. The molecule has 2 unspecified atom stereocenters. The normalized spacial score (nSPS) is 13.7. The summed E-state index contributed by atoms with van der Waals surface area (Å²) in [6.07, 6.45) is 111. The van der Waals surface area contributed by atoms with Crippen LogP contribution in [0, 0.1) is 0 Å². The standard InChI is InChI=1S/C87H154NO8P/c1-6-8-10-12-14-16-18-20-22-24-26-28-30-32-34-36-38-40-41-42-43-44-45-46-48-49-51-53-55-57-59-61-63-65-67-69-71-73-75-77-79-86(89)93-83-85(84-95-97(91,92)94-82-81-88(3,4)5)96-87(90)80-78-76-74-72-70-68-66-64-62-60-58-56-54-52-50-47-39-37-35-33-31-29-27-25-23-21-19-17-15-13-11-9-7-2/h9,11,15,17,21,23,27,29,33,35,39,47,52,54,58,60,64,66,70,72,85H,6-8,10,12-14,16,18-20,22,24-26,28,30-32,34,36-38,40-46,48-51,53,55-57,59,61-63,65,67-69,71,73-84H2,1-5H3/p+1/b11-9-,17-15-,23-21-,29-27-,35-33-,47-39-,54-52-,60-58-,66-64-,72-70-. The smallest absolute Gasteiger partial charge is 0.462 e. The van der Waals surface area contributed by atoms with Crippen LogP contribution in [0.25, 0.3) is 0 Å². The van der Waals surface area contributed by atoms with Gasteiger partial charge in [-0.1, -0.05) is 386 Å². The van der Waals surface area contributed by atoms with Gasteiger partial charge in [-0.3, -0.25) is 18.6 Å². The summed E-state index contributed by atoms with van der Waals surface area (Å²) in [5.41, 5.74) is 0. The first-order chi connectivity index (χ1) is 47.5. The summed E-state index contributed by atoms with van der Waals surface area (Å²) >= 11 is 0. The Kier molecular flexibility index (Phi) is 73.8. The van der Waals surface area contributed by atoms with Crippen LogP contribution in [0.1, 0.15) is 367 Å². The van der Waals surface area contributed by atoms with Gasteiger partial charge in [0.1, 0.15) is 19.8 Å². The fourth-order valence-corrected chi connectivity index (χ4v) is 12.3. The Labute approximate surface area is 600 Å². The number of ether oxygens (including phenoxy) is 2. The molecule has 0 aromatic heterocycles. The predicted molar refractivity (Wildman–Crippen MR) is 422 cm³/mol. The lowest BCUT2D eigenvalue weighted by Gasteiger charge is -2.24. The van der Waals surface area contributed by atoms with E-state index in [2.05, 4.69) is 135 Å². The number of esters is 2. The molecule has 0 fully saturated rings. The highest BCUT2D eigenvalue weighted by Gasteiger charge is 2.27. The Morgan fingerprint density at radius 2 is 0.588 bits per heavy atom. The summed E-state index contributed by atoms with van der Waals surface area (Å²) in [4.78, 5) is 35.9. The molecule has 0 heterocycles. The Bertz CT molecular complexity index is 2060. The average Bonchev–Trinajstić information content (AvgIpc) is 1.58. The first-order valence-electron chi connectivity index (χ1n) is 40.8. The van der Waals surface area contributed by atoms with Crippen molar-refractivity contribution in [3.05, 3.63) is 122 Å². The lowest BCUT2D eigenvalue weighted by Crippen LogP contribution is -2.37. The molecule has 0 aliphatic heterocycles. The second kappa shape index (κ2) is 76.6. The van der Waals surface area contributed by atoms with Gasteiger partial charge >= 0.3 is 19.8 Å². The molecule has 560 valence electrons. The van der Waals surface area contributed by atoms with Crippen molar-refractivity contribution in [3.63, 3.8) is 0 Å². The highest BCUT2D eigenvalue weighted by Crippen LogP contribution is 2.43. The Morgan fingerprint density at radius 3 is 0.876 bits per heavy atom. The minimum Gasteiger partial charge on any atom is -0.462 e. The maximum Gasteiger partial charge on any atom is 0.472 e. The molecule has 0 spiro atoms. The van der Waals surface area contributed by atoms with Gasteiger partial charge in [-0.2, -0.15) is 0 Å². The summed E-state index contributed by atoms with van der Waals surface area (Å²) in [5, 5.41) is 0. The van der Waals surface area contributed by atoms with Crippen LogP contribution in [0.15, 0.2) is 122 Å². The van der Waals surface area contributed by atoms with Crippen LogP contribution in [0.3, 0.4) is 0 Å². The van der Waals surface area contributed by atoms with Crippen molar-refractivity contribution in [2.45, 2.75) is 373 Å². The van der Waals surface area contributed by atoms with Crippen LogP contribution in [-0.4, -0.2) is 74.9 Å². The lowest BCUT2D eigenvalue weighted by molar-refractivity contribution is -0.870. The monoisotopic (exact) mass is 1370 g/mol. The third-order valence-electron chi connectivity index (χ3n) is 17.8. The van der Waals surface area contributed by atoms with Crippen LogP contribution in [-0.2, 0) is 32.7 Å². The zero-order valence-electron chi connectivity index (χ0n) is 64.0. The lowest BCUT2D eigenvalue weighted by atomic mass is 10.0. The quantitative estimate of drug-likeness (QED) is 0.0211. The topological polar surface area (TPSA) is 108 Å². The molecule has 0 aliphatic rings. The van der Waals surface area contributed by atoms with E-state index in [0.717, 1.165) is 96.3 Å². The number of unbranched alkanes of at least 4 members (excludes halogenated alkanes) is 41. The van der Waals surface area contributed by atoms with E-state index >= 15 is 0 Å². The molecular formula is C87H155NO8P+. The molecule has 0 aromatic rings. The summed E-state index contributed by atoms with van der Waals surface area (Å²) in [5.74, 6) is -0.843. The molecule has 2 atom stereocenters. The largest absolute Gasteiger partial charge is 0.472 e. The summed E-state index contributed by atoms with van der Waals surface area (Å²) in [7, 11) is 1.44. The number of carbonyl (C=O) groups excluding carboxylic acids is 2. The molecule has 9 nitrogen and oxygen atoms in total.